The second-order valence-electron chi connectivity index (χ2n) is 6.53. The van der Waals surface area contributed by atoms with Gasteiger partial charge < -0.3 is 5.32 Å². The van der Waals surface area contributed by atoms with Gasteiger partial charge in [-0.2, -0.15) is 0 Å². The topological polar surface area (TPSA) is 49.4 Å². The van der Waals surface area contributed by atoms with Gasteiger partial charge in [-0.05, 0) is 36.8 Å². The Balaban J connectivity index is 2.26. The van der Waals surface area contributed by atoms with E-state index in [9.17, 15) is 8.42 Å². The molecule has 0 spiro atoms. The molecule has 1 aliphatic carbocycles. The van der Waals surface area contributed by atoms with Gasteiger partial charge in [-0.25, -0.2) is 12.7 Å². The molecular formula is C15H24N2O2S. The van der Waals surface area contributed by atoms with E-state index in [4.69, 9.17) is 0 Å². The molecule has 1 atom stereocenters. The van der Waals surface area contributed by atoms with Crippen molar-refractivity contribution in [1.29, 1.82) is 0 Å². The summed E-state index contributed by atoms with van der Waals surface area (Å²) < 4.78 is 25.9. The van der Waals surface area contributed by atoms with Gasteiger partial charge in [0.15, 0.2) is 0 Å². The standard InChI is InChI=1S/C15H24N2O2S/c1-15(2)10-9-12(11-15)16-13-7-5-6-8-14(13)20(18,19)17(3)4/h5-8,12,16H,9-11H2,1-4H3. The van der Waals surface area contributed by atoms with Crippen molar-refractivity contribution in [3.63, 3.8) is 0 Å². The minimum Gasteiger partial charge on any atom is -0.381 e. The first-order valence-corrected chi connectivity index (χ1v) is 8.44. The summed E-state index contributed by atoms with van der Waals surface area (Å²) in [4.78, 5) is 0.356. The molecule has 0 saturated heterocycles. The van der Waals surface area contributed by atoms with Gasteiger partial charge in [-0.3, -0.25) is 0 Å². The van der Waals surface area contributed by atoms with Crippen molar-refractivity contribution in [1.82, 2.24) is 4.31 Å². The molecule has 1 N–H and O–H groups in total. The second kappa shape index (κ2) is 5.37. The fraction of sp³-hybridized carbons (Fsp3) is 0.600. The van der Waals surface area contributed by atoms with E-state index >= 15 is 0 Å². The summed E-state index contributed by atoms with van der Waals surface area (Å²) in [6.07, 6.45) is 3.33. The number of para-hydroxylation sites is 1. The van der Waals surface area contributed by atoms with Gasteiger partial charge in [0, 0.05) is 20.1 Å². The van der Waals surface area contributed by atoms with Crippen molar-refractivity contribution in [2.24, 2.45) is 5.41 Å². The zero-order chi connectivity index (χ0) is 15.0. The Morgan fingerprint density at radius 3 is 2.45 bits per heavy atom. The highest BCUT2D eigenvalue weighted by Crippen LogP contribution is 2.39. The van der Waals surface area contributed by atoms with Crippen LogP contribution < -0.4 is 5.32 Å². The van der Waals surface area contributed by atoms with Crippen LogP contribution in [0.3, 0.4) is 0 Å². The molecule has 0 heterocycles. The SMILES string of the molecule is CN(C)S(=O)(=O)c1ccccc1NC1CCC(C)(C)C1. The number of nitrogens with zero attached hydrogens (tertiary/aromatic N) is 1. The van der Waals surface area contributed by atoms with Gasteiger partial charge in [0.2, 0.25) is 10.0 Å². The molecule has 1 aliphatic rings. The van der Waals surface area contributed by atoms with Crippen LogP contribution in [0.5, 0.6) is 0 Å². The van der Waals surface area contributed by atoms with Gasteiger partial charge in [0.1, 0.15) is 4.90 Å². The fourth-order valence-corrected chi connectivity index (χ4v) is 3.84. The molecule has 0 aliphatic heterocycles. The van der Waals surface area contributed by atoms with Crippen LogP contribution in [0.25, 0.3) is 0 Å². The van der Waals surface area contributed by atoms with Crippen molar-refractivity contribution < 1.29 is 8.42 Å². The van der Waals surface area contributed by atoms with E-state index in [-0.39, 0.29) is 0 Å². The summed E-state index contributed by atoms with van der Waals surface area (Å²) in [7, 11) is -0.287. The van der Waals surface area contributed by atoms with Crippen molar-refractivity contribution >= 4 is 15.7 Å². The number of anilines is 1. The second-order valence-corrected chi connectivity index (χ2v) is 8.65. The highest BCUT2D eigenvalue weighted by Gasteiger charge is 2.31. The Labute approximate surface area is 122 Å². The quantitative estimate of drug-likeness (QED) is 0.929. The monoisotopic (exact) mass is 296 g/mol. The molecule has 1 fully saturated rings. The molecule has 1 aromatic rings. The van der Waals surface area contributed by atoms with Gasteiger partial charge in [0.25, 0.3) is 0 Å². The van der Waals surface area contributed by atoms with E-state index < -0.39 is 10.0 Å². The van der Waals surface area contributed by atoms with E-state index in [1.807, 2.05) is 12.1 Å². The summed E-state index contributed by atoms with van der Waals surface area (Å²) in [5, 5.41) is 3.42. The van der Waals surface area contributed by atoms with Crippen LogP contribution in [0.1, 0.15) is 33.1 Å². The minimum atomic E-state index is -3.41. The molecule has 20 heavy (non-hydrogen) atoms. The largest absolute Gasteiger partial charge is 0.381 e. The van der Waals surface area contributed by atoms with Crippen molar-refractivity contribution in [2.45, 2.75) is 44.0 Å². The van der Waals surface area contributed by atoms with Crippen LogP contribution in [-0.2, 0) is 10.0 Å². The minimum absolute atomic E-state index is 0.340. The Morgan fingerprint density at radius 2 is 1.90 bits per heavy atom. The average molecular weight is 296 g/mol. The lowest BCUT2D eigenvalue weighted by atomic mass is 9.92. The molecule has 2 rings (SSSR count). The predicted octanol–water partition coefficient (Wildman–Crippen LogP) is 2.93. The summed E-state index contributed by atoms with van der Waals surface area (Å²) >= 11 is 0. The van der Waals surface area contributed by atoms with Crippen LogP contribution in [0, 0.1) is 5.41 Å². The molecule has 1 saturated carbocycles. The maximum absolute atomic E-state index is 12.3. The Morgan fingerprint density at radius 1 is 1.25 bits per heavy atom. The molecule has 4 nitrogen and oxygen atoms in total. The third-order valence-electron chi connectivity index (χ3n) is 3.97. The average Bonchev–Trinajstić information content (AvgIpc) is 2.69. The lowest BCUT2D eigenvalue weighted by molar-refractivity contribution is 0.378. The normalized spacial score (nSPS) is 22.1. The molecule has 0 bridgehead atoms. The fourth-order valence-electron chi connectivity index (χ4n) is 2.79. The molecule has 1 unspecified atom stereocenters. The van der Waals surface area contributed by atoms with E-state index in [0.29, 0.717) is 22.0 Å². The lowest BCUT2D eigenvalue weighted by Crippen LogP contribution is -2.25. The Kier molecular flexibility index (Phi) is 4.12. The number of hydrogen-bond acceptors (Lipinski definition) is 3. The third-order valence-corrected chi connectivity index (χ3v) is 5.85. The predicted molar refractivity (Wildman–Crippen MR) is 82.4 cm³/mol. The van der Waals surface area contributed by atoms with Crippen LogP contribution in [0.4, 0.5) is 5.69 Å². The lowest BCUT2D eigenvalue weighted by Gasteiger charge is -2.21. The van der Waals surface area contributed by atoms with Crippen LogP contribution >= 0.6 is 0 Å². The van der Waals surface area contributed by atoms with E-state index in [1.165, 1.54) is 10.7 Å². The van der Waals surface area contributed by atoms with Gasteiger partial charge in [0.05, 0.1) is 5.69 Å². The maximum atomic E-state index is 12.3. The van der Waals surface area contributed by atoms with Crippen molar-refractivity contribution in [2.75, 3.05) is 19.4 Å². The zero-order valence-electron chi connectivity index (χ0n) is 12.7. The maximum Gasteiger partial charge on any atom is 0.244 e. The van der Waals surface area contributed by atoms with Crippen LogP contribution in [-0.4, -0.2) is 32.9 Å². The number of sulfonamides is 1. The van der Waals surface area contributed by atoms with Gasteiger partial charge >= 0.3 is 0 Å². The smallest absolute Gasteiger partial charge is 0.244 e. The van der Waals surface area contributed by atoms with Gasteiger partial charge in [-0.15, -0.1) is 0 Å². The van der Waals surface area contributed by atoms with Gasteiger partial charge in [-0.1, -0.05) is 26.0 Å². The van der Waals surface area contributed by atoms with Crippen LogP contribution in [0.2, 0.25) is 0 Å². The number of hydrogen-bond donors (Lipinski definition) is 1. The molecule has 0 radical (unpaired) electrons. The summed E-state index contributed by atoms with van der Waals surface area (Å²) in [5.41, 5.74) is 1.05. The first kappa shape index (κ1) is 15.3. The zero-order valence-corrected chi connectivity index (χ0v) is 13.5. The highest BCUT2D eigenvalue weighted by molar-refractivity contribution is 7.89. The first-order valence-electron chi connectivity index (χ1n) is 7.00. The van der Waals surface area contributed by atoms with E-state index in [2.05, 4.69) is 19.2 Å². The third kappa shape index (κ3) is 3.15. The molecular weight excluding hydrogens is 272 g/mol. The van der Waals surface area contributed by atoms with Crippen molar-refractivity contribution in [3.8, 4) is 0 Å². The summed E-state index contributed by atoms with van der Waals surface area (Å²) in [6, 6.07) is 7.50. The number of benzene rings is 1. The molecule has 1 aromatic carbocycles. The molecule has 0 aromatic heterocycles. The van der Waals surface area contributed by atoms with Crippen LogP contribution in [0.15, 0.2) is 29.2 Å². The Bertz CT molecular complexity index is 579. The molecule has 5 heteroatoms. The summed E-state index contributed by atoms with van der Waals surface area (Å²) in [6.45, 7) is 4.52. The van der Waals surface area contributed by atoms with Crippen molar-refractivity contribution in [3.05, 3.63) is 24.3 Å². The Hall–Kier alpha value is -1.07. The summed E-state index contributed by atoms with van der Waals surface area (Å²) in [5.74, 6) is 0. The molecule has 112 valence electrons. The van der Waals surface area contributed by atoms with E-state index in [1.54, 1.807) is 26.2 Å². The number of rotatable bonds is 4. The van der Waals surface area contributed by atoms with E-state index in [0.717, 1.165) is 12.8 Å². The highest BCUT2D eigenvalue weighted by atomic mass is 32.2. The first-order chi connectivity index (χ1) is 9.22. The molecule has 0 amide bonds. The number of nitrogens with one attached hydrogen (secondary N) is 1.